The maximum Gasteiger partial charge on any atom is 0.218 e. The molecule has 1 heterocycles. The number of hydrogen-bond donors (Lipinski definition) is 0. The summed E-state index contributed by atoms with van der Waals surface area (Å²) >= 11 is 7.43. The maximum absolute atomic E-state index is 13.2. The van der Waals surface area contributed by atoms with E-state index in [1.54, 1.807) is 30.6 Å². The normalized spacial score (nSPS) is 10.9. The summed E-state index contributed by atoms with van der Waals surface area (Å²) in [6, 6.07) is 11.4. The van der Waals surface area contributed by atoms with Gasteiger partial charge in [0.1, 0.15) is 28.9 Å². The standard InChI is InChI=1S/C21H18ClFN4OS/c1-4-27(3)12-25-18-10-17(22)19(9-13(18)2)28-21-16(11-24)20(26-29-21)14-5-7-15(23)8-6-14/h5-10,12H,4H2,1-3H3. The number of ether oxygens (including phenoxy) is 1. The Morgan fingerprint density at radius 3 is 2.72 bits per heavy atom. The van der Waals surface area contributed by atoms with Gasteiger partial charge in [-0.1, -0.05) is 11.6 Å². The molecule has 3 aromatic rings. The topological polar surface area (TPSA) is 61.5 Å². The second-order valence-electron chi connectivity index (χ2n) is 6.30. The Morgan fingerprint density at radius 2 is 2.07 bits per heavy atom. The Labute approximate surface area is 177 Å². The highest BCUT2D eigenvalue weighted by molar-refractivity contribution is 7.08. The zero-order valence-corrected chi connectivity index (χ0v) is 17.7. The number of rotatable bonds is 6. The van der Waals surface area contributed by atoms with Gasteiger partial charge in [-0.15, -0.1) is 0 Å². The van der Waals surface area contributed by atoms with Crippen LogP contribution in [0.5, 0.6) is 10.8 Å². The fraction of sp³-hybridized carbons (Fsp3) is 0.190. The molecule has 0 bridgehead atoms. The summed E-state index contributed by atoms with van der Waals surface area (Å²) in [4.78, 5) is 6.39. The molecule has 0 aliphatic rings. The predicted octanol–water partition coefficient (Wildman–Crippen LogP) is 6.19. The molecule has 1 aromatic heterocycles. The van der Waals surface area contributed by atoms with E-state index in [9.17, 15) is 9.65 Å². The van der Waals surface area contributed by atoms with Crippen molar-refractivity contribution in [3.8, 4) is 28.1 Å². The number of nitrogens with zero attached hydrogens (tertiary/aromatic N) is 4. The van der Waals surface area contributed by atoms with Gasteiger partial charge in [-0.3, -0.25) is 0 Å². The Kier molecular flexibility index (Phi) is 6.47. The van der Waals surface area contributed by atoms with Crippen LogP contribution >= 0.6 is 23.1 Å². The van der Waals surface area contributed by atoms with Crippen molar-refractivity contribution in [1.82, 2.24) is 9.27 Å². The number of hydrogen-bond acceptors (Lipinski definition) is 5. The van der Waals surface area contributed by atoms with E-state index in [1.807, 2.05) is 25.8 Å². The monoisotopic (exact) mass is 428 g/mol. The molecule has 0 radical (unpaired) electrons. The highest BCUT2D eigenvalue weighted by atomic mass is 35.5. The number of benzene rings is 2. The van der Waals surface area contributed by atoms with Gasteiger partial charge >= 0.3 is 0 Å². The minimum Gasteiger partial charge on any atom is -0.442 e. The van der Waals surface area contributed by atoms with Crippen LogP contribution in [0, 0.1) is 24.1 Å². The van der Waals surface area contributed by atoms with Crippen LogP contribution in [0.1, 0.15) is 18.1 Å². The molecule has 0 aliphatic heterocycles. The molecule has 29 heavy (non-hydrogen) atoms. The van der Waals surface area contributed by atoms with Crippen molar-refractivity contribution >= 4 is 35.2 Å². The van der Waals surface area contributed by atoms with Crippen LogP contribution in [-0.2, 0) is 0 Å². The Hall–Kier alpha value is -2.95. The largest absolute Gasteiger partial charge is 0.442 e. The van der Waals surface area contributed by atoms with Gasteiger partial charge in [0.05, 0.1) is 17.0 Å². The molecule has 0 aliphatic carbocycles. The van der Waals surface area contributed by atoms with Crippen molar-refractivity contribution in [3.05, 3.63) is 58.4 Å². The summed E-state index contributed by atoms with van der Waals surface area (Å²) in [5.74, 6) is 0.0619. The van der Waals surface area contributed by atoms with Gasteiger partial charge in [0, 0.05) is 30.7 Å². The van der Waals surface area contributed by atoms with Gasteiger partial charge < -0.3 is 9.64 Å². The first-order valence-electron chi connectivity index (χ1n) is 8.81. The van der Waals surface area contributed by atoms with Crippen molar-refractivity contribution in [1.29, 1.82) is 5.26 Å². The van der Waals surface area contributed by atoms with Gasteiger partial charge in [-0.2, -0.15) is 9.64 Å². The van der Waals surface area contributed by atoms with Crippen LogP contribution in [0.3, 0.4) is 0 Å². The lowest BCUT2D eigenvalue weighted by Crippen LogP contribution is -2.14. The van der Waals surface area contributed by atoms with Crippen molar-refractivity contribution in [2.24, 2.45) is 4.99 Å². The van der Waals surface area contributed by atoms with E-state index in [4.69, 9.17) is 16.3 Å². The molecule has 3 rings (SSSR count). The highest BCUT2D eigenvalue weighted by Crippen LogP contribution is 2.40. The predicted molar refractivity (Wildman–Crippen MR) is 115 cm³/mol. The van der Waals surface area contributed by atoms with Crippen LogP contribution in [-0.4, -0.2) is 29.2 Å². The minimum absolute atomic E-state index is 0.280. The van der Waals surface area contributed by atoms with E-state index in [0.29, 0.717) is 27.1 Å². The summed E-state index contributed by atoms with van der Waals surface area (Å²) in [6.07, 6.45) is 1.74. The second kappa shape index (κ2) is 9.03. The van der Waals surface area contributed by atoms with Crippen LogP contribution in [0.25, 0.3) is 11.3 Å². The first kappa shape index (κ1) is 20.8. The molecule has 0 N–H and O–H groups in total. The summed E-state index contributed by atoms with van der Waals surface area (Å²) in [6.45, 7) is 4.78. The maximum atomic E-state index is 13.2. The van der Waals surface area contributed by atoms with Crippen LogP contribution in [0.2, 0.25) is 5.02 Å². The average Bonchev–Trinajstić information content (AvgIpc) is 3.12. The molecule has 0 saturated carbocycles. The van der Waals surface area contributed by atoms with E-state index >= 15 is 0 Å². The van der Waals surface area contributed by atoms with E-state index in [1.165, 1.54) is 12.1 Å². The molecule has 0 unspecified atom stereocenters. The Morgan fingerprint density at radius 1 is 1.34 bits per heavy atom. The van der Waals surface area contributed by atoms with Crippen LogP contribution in [0.4, 0.5) is 10.1 Å². The lowest BCUT2D eigenvalue weighted by molar-refractivity contribution is 0.495. The quantitative estimate of drug-likeness (QED) is 0.347. The Balaban J connectivity index is 1.91. The number of aromatic nitrogens is 1. The number of halogens is 2. The molecule has 8 heteroatoms. The van der Waals surface area contributed by atoms with Crippen molar-refractivity contribution in [2.75, 3.05) is 13.6 Å². The summed E-state index contributed by atoms with van der Waals surface area (Å²) < 4.78 is 23.4. The fourth-order valence-electron chi connectivity index (χ4n) is 2.45. The Bertz CT molecular complexity index is 1090. The SMILES string of the molecule is CCN(C)C=Nc1cc(Cl)c(Oc2snc(-c3ccc(F)cc3)c2C#N)cc1C. The smallest absolute Gasteiger partial charge is 0.218 e. The van der Waals surface area contributed by atoms with Gasteiger partial charge in [0.2, 0.25) is 5.06 Å². The first-order chi connectivity index (χ1) is 13.9. The number of aliphatic imine (C=N–C) groups is 1. The fourth-order valence-corrected chi connectivity index (χ4v) is 3.38. The van der Waals surface area contributed by atoms with Gasteiger partial charge in [-0.05, 0) is 55.8 Å². The minimum atomic E-state index is -0.353. The molecule has 2 aromatic carbocycles. The van der Waals surface area contributed by atoms with Crippen molar-refractivity contribution in [2.45, 2.75) is 13.8 Å². The molecule has 148 valence electrons. The van der Waals surface area contributed by atoms with E-state index < -0.39 is 0 Å². The molecular weight excluding hydrogens is 411 g/mol. The van der Waals surface area contributed by atoms with E-state index in [2.05, 4.69) is 15.4 Å². The van der Waals surface area contributed by atoms with Crippen LogP contribution in [0.15, 0.2) is 41.4 Å². The first-order valence-corrected chi connectivity index (χ1v) is 9.96. The highest BCUT2D eigenvalue weighted by Gasteiger charge is 2.19. The summed E-state index contributed by atoms with van der Waals surface area (Å²) in [5, 5.41) is 10.3. The molecule has 5 nitrogen and oxygen atoms in total. The molecule has 0 spiro atoms. The third-order valence-electron chi connectivity index (χ3n) is 4.24. The molecule has 0 atom stereocenters. The lowest BCUT2D eigenvalue weighted by atomic mass is 10.1. The second-order valence-corrected chi connectivity index (χ2v) is 7.44. The van der Waals surface area contributed by atoms with Crippen molar-refractivity contribution in [3.63, 3.8) is 0 Å². The summed E-state index contributed by atoms with van der Waals surface area (Å²) in [5.41, 5.74) is 2.98. The average molecular weight is 429 g/mol. The third kappa shape index (κ3) is 4.73. The molecule has 0 fully saturated rings. The lowest BCUT2D eigenvalue weighted by Gasteiger charge is -2.11. The van der Waals surface area contributed by atoms with Gasteiger partial charge in [-0.25, -0.2) is 9.38 Å². The third-order valence-corrected chi connectivity index (χ3v) is 5.26. The van der Waals surface area contributed by atoms with E-state index in [-0.39, 0.29) is 11.4 Å². The van der Waals surface area contributed by atoms with Gasteiger partial charge in [0.15, 0.2) is 0 Å². The van der Waals surface area contributed by atoms with Gasteiger partial charge in [0.25, 0.3) is 0 Å². The molecular formula is C21H18ClFN4OS. The molecule has 0 saturated heterocycles. The molecule has 0 amide bonds. The number of aryl methyl sites for hydroxylation is 1. The zero-order valence-electron chi connectivity index (χ0n) is 16.1. The van der Waals surface area contributed by atoms with E-state index in [0.717, 1.165) is 29.3 Å². The zero-order chi connectivity index (χ0) is 21.0. The van der Waals surface area contributed by atoms with Crippen LogP contribution < -0.4 is 4.74 Å². The van der Waals surface area contributed by atoms with Crippen molar-refractivity contribution < 1.29 is 9.13 Å². The summed E-state index contributed by atoms with van der Waals surface area (Å²) in [7, 11) is 1.93. The number of nitriles is 1.